The fraction of sp³-hybridized carbons (Fsp3) is 0.386. The Kier molecular flexibility index (Phi) is 10.9. The number of rotatable bonds is 9. The van der Waals surface area contributed by atoms with Gasteiger partial charge in [0.2, 0.25) is 11.8 Å². The molecular weight excluding hydrogens is 783 g/mol. The summed E-state index contributed by atoms with van der Waals surface area (Å²) in [5.74, 6) is -1.38. The molecule has 0 radical (unpaired) electrons. The number of hydrogen-bond donors (Lipinski definition) is 3. The van der Waals surface area contributed by atoms with Gasteiger partial charge >= 0.3 is 0 Å². The zero-order valence-corrected chi connectivity index (χ0v) is 34.2. The number of nitrogens with one attached hydrogen (secondary N) is 2. The van der Waals surface area contributed by atoms with Crippen LogP contribution in [0.15, 0.2) is 89.0 Å². The van der Waals surface area contributed by atoms with E-state index in [1.807, 2.05) is 60.8 Å². The summed E-state index contributed by atoms with van der Waals surface area (Å²) in [5, 5.41) is 6.03. The van der Waals surface area contributed by atoms with Crippen LogP contribution in [-0.4, -0.2) is 113 Å². The monoisotopic (exact) mass is 829 g/mol. The normalized spacial score (nSPS) is 23.0. The number of carbonyl (C=O) groups excluding carboxylic acids is 5. The lowest BCUT2D eigenvalue weighted by Gasteiger charge is -2.41. The summed E-state index contributed by atoms with van der Waals surface area (Å²) in [4.78, 5) is 81.8. The summed E-state index contributed by atoms with van der Waals surface area (Å²) in [6.45, 7) is 8.27. The quantitative estimate of drug-likeness (QED) is 0.207. The van der Waals surface area contributed by atoms with E-state index in [0.29, 0.717) is 11.3 Å². The Morgan fingerprint density at radius 1 is 0.900 bits per heavy atom. The number of hydrogen-bond acceptors (Lipinski definition) is 13. The molecule has 5 aliphatic heterocycles. The SMILES string of the molecule is C[C@@H]1OCC2(CCN(c3cnc(Sc4cccc(NC(=O)c5ccc(CN6CCN(c7ccc8c(c7)C(=O)N(C7CCC(=O)NC7=O)C8=O)CC6)cc5)c4)cn3)CC2)[C@@H]1N. The molecule has 5 amide bonds. The Hall–Kier alpha value is -5.68. The summed E-state index contributed by atoms with van der Waals surface area (Å²) in [5.41, 5.74) is 10.3. The van der Waals surface area contributed by atoms with Crippen molar-refractivity contribution in [3.05, 3.63) is 101 Å². The Bertz CT molecular complexity index is 2330. The molecule has 0 aliphatic carbocycles. The lowest BCUT2D eigenvalue weighted by molar-refractivity contribution is -0.136. The lowest BCUT2D eigenvalue weighted by Crippen LogP contribution is -2.54. The smallest absolute Gasteiger partial charge is 0.262 e. The maximum atomic E-state index is 13.3. The summed E-state index contributed by atoms with van der Waals surface area (Å²) < 4.78 is 5.87. The van der Waals surface area contributed by atoms with Gasteiger partial charge in [-0.05, 0) is 80.3 Å². The van der Waals surface area contributed by atoms with Crippen molar-refractivity contribution in [3.63, 3.8) is 0 Å². The molecular formula is C44H47N9O6S. The molecule has 0 saturated carbocycles. The first-order valence-corrected chi connectivity index (χ1v) is 21.3. The molecule has 15 nitrogen and oxygen atoms in total. The Labute approximate surface area is 352 Å². The standard InChI is InChI=1S/C44H47N9O6S/c1-27-39(45)44(26-59-27)13-15-52(16-14-44)36-23-47-38(24-46-36)60-32-4-2-3-30(21-32)48-40(55)29-7-5-28(6-8-29)25-50-17-19-51(20-18-50)31-9-10-33-34(22-31)43(58)53(42(33)57)35-11-12-37(54)49-41(35)56/h2-10,21-24,27,35,39H,11-20,25-26,45H2,1H3,(H,48,55)(H,49,54,56)/t27-,35?,39+/m0/s1. The van der Waals surface area contributed by atoms with Crippen LogP contribution in [0.3, 0.4) is 0 Å². The first kappa shape index (κ1) is 39.8. The van der Waals surface area contributed by atoms with Gasteiger partial charge in [-0.25, -0.2) is 9.97 Å². The van der Waals surface area contributed by atoms with Gasteiger partial charge < -0.3 is 25.6 Å². The molecule has 16 heteroatoms. The number of benzene rings is 3. The van der Waals surface area contributed by atoms with Crippen LogP contribution in [0.2, 0.25) is 0 Å². The van der Waals surface area contributed by atoms with E-state index in [-0.39, 0.29) is 47.4 Å². The second kappa shape index (κ2) is 16.4. The average Bonchev–Trinajstić information content (AvgIpc) is 3.67. The number of nitrogens with zero attached hydrogens (tertiary/aromatic N) is 6. The van der Waals surface area contributed by atoms with Gasteiger partial charge in [0.1, 0.15) is 16.9 Å². The topological polar surface area (TPSA) is 183 Å². The molecule has 1 aromatic heterocycles. The van der Waals surface area contributed by atoms with Crippen molar-refractivity contribution in [2.24, 2.45) is 11.1 Å². The van der Waals surface area contributed by atoms with Crippen molar-refractivity contribution in [3.8, 4) is 0 Å². The average molecular weight is 830 g/mol. The summed E-state index contributed by atoms with van der Waals surface area (Å²) in [6, 6.07) is 19.6. The molecule has 5 aliphatic rings. The fourth-order valence-electron chi connectivity index (χ4n) is 8.98. The predicted octanol–water partition coefficient (Wildman–Crippen LogP) is 3.94. The lowest BCUT2D eigenvalue weighted by atomic mass is 9.73. The van der Waals surface area contributed by atoms with Crippen molar-refractivity contribution in [2.75, 3.05) is 61.0 Å². The van der Waals surface area contributed by atoms with Crippen LogP contribution in [0.25, 0.3) is 0 Å². The minimum absolute atomic E-state index is 0.0565. The molecule has 4 N–H and O–H groups in total. The minimum atomic E-state index is -0.990. The van der Waals surface area contributed by atoms with Gasteiger partial charge in [-0.2, -0.15) is 0 Å². The van der Waals surface area contributed by atoms with E-state index < -0.39 is 29.7 Å². The Balaban J connectivity index is 0.741. The first-order valence-electron chi connectivity index (χ1n) is 20.5. The van der Waals surface area contributed by atoms with Crippen molar-refractivity contribution < 1.29 is 28.7 Å². The highest BCUT2D eigenvalue weighted by Gasteiger charge is 2.48. The number of nitrogens with two attached hydrogens (primary N) is 1. The van der Waals surface area contributed by atoms with Crippen LogP contribution in [0.5, 0.6) is 0 Å². The molecule has 60 heavy (non-hydrogen) atoms. The van der Waals surface area contributed by atoms with Gasteiger partial charge in [-0.15, -0.1) is 0 Å². The van der Waals surface area contributed by atoms with Crippen molar-refractivity contribution >= 4 is 58.5 Å². The van der Waals surface area contributed by atoms with Crippen LogP contribution in [0, 0.1) is 5.41 Å². The molecule has 1 spiro atoms. The Morgan fingerprint density at radius 3 is 2.37 bits per heavy atom. The molecule has 3 aromatic carbocycles. The third kappa shape index (κ3) is 7.87. The van der Waals surface area contributed by atoms with Gasteiger partial charge in [0, 0.05) is 85.5 Å². The minimum Gasteiger partial charge on any atom is -0.376 e. The van der Waals surface area contributed by atoms with Crippen LogP contribution >= 0.6 is 11.8 Å². The number of piperazine rings is 1. The maximum absolute atomic E-state index is 13.3. The molecule has 1 unspecified atom stereocenters. The molecule has 3 atom stereocenters. The van der Waals surface area contributed by atoms with Crippen LogP contribution in [0.4, 0.5) is 17.2 Å². The van der Waals surface area contributed by atoms with E-state index in [1.165, 1.54) is 11.8 Å². The third-order valence-corrected chi connectivity index (χ3v) is 13.6. The number of aromatic nitrogens is 2. The molecule has 4 aromatic rings. The molecule has 4 saturated heterocycles. The molecule has 310 valence electrons. The van der Waals surface area contributed by atoms with Gasteiger partial charge in [-0.1, -0.05) is 30.0 Å². The number of anilines is 3. The number of amides is 5. The van der Waals surface area contributed by atoms with E-state index in [0.717, 1.165) is 97.2 Å². The second-order valence-electron chi connectivity index (χ2n) is 16.3. The second-order valence-corrected chi connectivity index (χ2v) is 17.4. The number of piperidine rings is 2. The zero-order valence-electron chi connectivity index (χ0n) is 33.3. The van der Waals surface area contributed by atoms with Gasteiger partial charge in [0.25, 0.3) is 17.7 Å². The van der Waals surface area contributed by atoms with Crippen molar-refractivity contribution in [1.29, 1.82) is 0 Å². The molecule has 9 rings (SSSR count). The third-order valence-electron chi connectivity index (χ3n) is 12.6. The van der Waals surface area contributed by atoms with Crippen molar-refractivity contribution in [1.82, 2.24) is 25.1 Å². The van der Waals surface area contributed by atoms with Crippen LogP contribution < -0.4 is 26.2 Å². The predicted molar refractivity (Wildman–Crippen MR) is 225 cm³/mol. The summed E-state index contributed by atoms with van der Waals surface area (Å²) >= 11 is 1.49. The summed E-state index contributed by atoms with van der Waals surface area (Å²) in [6.07, 6.45) is 5.88. The molecule has 0 bridgehead atoms. The van der Waals surface area contributed by atoms with Crippen molar-refractivity contribution in [2.45, 2.75) is 67.3 Å². The van der Waals surface area contributed by atoms with E-state index in [9.17, 15) is 24.0 Å². The fourth-order valence-corrected chi connectivity index (χ4v) is 9.77. The number of carbonyl (C=O) groups is 5. The number of ether oxygens (including phenoxy) is 1. The molecule has 4 fully saturated rings. The highest BCUT2D eigenvalue weighted by atomic mass is 32.2. The van der Waals surface area contributed by atoms with Crippen LogP contribution in [0.1, 0.15) is 69.2 Å². The van der Waals surface area contributed by atoms with E-state index in [1.54, 1.807) is 18.3 Å². The van der Waals surface area contributed by atoms with Crippen LogP contribution in [-0.2, 0) is 20.9 Å². The van der Waals surface area contributed by atoms with E-state index >= 15 is 0 Å². The van der Waals surface area contributed by atoms with E-state index in [4.69, 9.17) is 15.5 Å². The number of fused-ring (bicyclic) bond motifs is 1. The van der Waals surface area contributed by atoms with E-state index in [2.05, 4.69) is 37.2 Å². The Morgan fingerprint density at radius 2 is 1.67 bits per heavy atom. The highest BCUT2D eigenvalue weighted by molar-refractivity contribution is 7.99. The molecule has 6 heterocycles. The summed E-state index contributed by atoms with van der Waals surface area (Å²) in [7, 11) is 0. The highest BCUT2D eigenvalue weighted by Crippen LogP contribution is 2.42. The van der Waals surface area contributed by atoms with Gasteiger partial charge in [-0.3, -0.25) is 39.1 Å². The first-order chi connectivity index (χ1) is 29.0. The van der Waals surface area contributed by atoms with Gasteiger partial charge in [0.15, 0.2) is 0 Å². The largest absolute Gasteiger partial charge is 0.376 e. The number of imide groups is 2. The maximum Gasteiger partial charge on any atom is 0.262 e. The zero-order chi connectivity index (χ0) is 41.5. The van der Waals surface area contributed by atoms with Gasteiger partial charge in [0.05, 0.1) is 36.2 Å².